The van der Waals surface area contributed by atoms with E-state index in [1.165, 1.54) is 0 Å². The van der Waals surface area contributed by atoms with Crippen molar-refractivity contribution < 1.29 is 9.53 Å². The molecule has 0 saturated heterocycles. The Morgan fingerprint density at radius 2 is 2.20 bits per heavy atom. The third kappa shape index (κ3) is 2.95. The zero-order valence-corrected chi connectivity index (χ0v) is 8.99. The molecule has 0 heterocycles. The van der Waals surface area contributed by atoms with Crippen LogP contribution in [0.3, 0.4) is 0 Å². The highest BCUT2D eigenvalue weighted by Gasteiger charge is 2.15. The summed E-state index contributed by atoms with van der Waals surface area (Å²) in [5.41, 5.74) is 6.12. The van der Waals surface area contributed by atoms with E-state index in [4.69, 9.17) is 10.5 Å². The number of carbonyl (C=O) groups excluding carboxylic acids is 1. The predicted octanol–water partition coefficient (Wildman–Crippen LogP) is 0.831. The van der Waals surface area contributed by atoms with Crippen molar-refractivity contribution in [2.75, 3.05) is 14.2 Å². The van der Waals surface area contributed by atoms with Crippen LogP contribution in [-0.2, 0) is 4.79 Å². The van der Waals surface area contributed by atoms with Crippen molar-refractivity contribution >= 4 is 5.91 Å². The third-order valence-electron chi connectivity index (χ3n) is 2.27. The Morgan fingerprint density at radius 3 is 2.73 bits per heavy atom. The second kappa shape index (κ2) is 5.36. The number of rotatable bonds is 5. The quantitative estimate of drug-likeness (QED) is 0.753. The maximum Gasteiger partial charge on any atom is 0.219 e. The van der Waals surface area contributed by atoms with E-state index >= 15 is 0 Å². The Bertz CT molecular complexity index is 339. The van der Waals surface area contributed by atoms with Crippen LogP contribution in [0.4, 0.5) is 0 Å². The summed E-state index contributed by atoms with van der Waals surface area (Å²) >= 11 is 0. The molecule has 1 aromatic rings. The van der Waals surface area contributed by atoms with Crippen LogP contribution in [0.2, 0.25) is 0 Å². The molecule has 0 aliphatic carbocycles. The largest absolute Gasteiger partial charge is 0.496 e. The zero-order chi connectivity index (χ0) is 11.3. The average molecular weight is 208 g/mol. The lowest BCUT2D eigenvalue weighted by molar-refractivity contribution is -0.118. The van der Waals surface area contributed by atoms with Gasteiger partial charge in [-0.25, -0.2) is 0 Å². The first-order valence-electron chi connectivity index (χ1n) is 4.77. The molecule has 0 bridgehead atoms. The Labute approximate surface area is 89.4 Å². The Kier molecular flexibility index (Phi) is 4.12. The molecule has 82 valence electrons. The minimum atomic E-state index is -0.333. The van der Waals surface area contributed by atoms with E-state index in [1.54, 1.807) is 14.2 Å². The normalized spacial score (nSPS) is 12.1. The molecule has 1 rings (SSSR count). The number of nitrogens with one attached hydrogen (secondary N) is 1. The number of ether oxygens (including phenoxy) is 1. The van der Waals surface area contributed by atoms with Gasteiger partial charge in [0.15, 0.2) is 0 Å². The summed E-state index contributed by atoms with van der Waals surface area (Å²) in [6.07, 6.45) is 0.261. The number of nitrogens with two attached hydrogens (primary N) is 1. The number of amides is 1. The Balaban J connectivity index is 2.95. The number of hydrogen-bond acceptors (Lipinski definition) is 3. The zero-order valence-electron chi connectivity index (χ0n) is 8.99. The van der Waals surface area contributed by atoms with Gasteiger partial charge in [0.25, 0.3) is 0 Å². The van der Waals surface area contributed by atoms with Gasteiger partial charge in [-0.15, -0.1) is 0 Å². The van der Waals surface area contributed by atoms with E-state index in [0.717, 1.165) is 11.3 Å². The van der Waals surface area contributed by atoms with Crippen LogP contribution in [-0.4, -0.2) is 20.1 Å². The molecule has 4 heteroatoms. The molecule has 0 fully saturated rings. The van der Waals surface area contributed by atoms with Gasteiger partial charge >= 0.3 is 0 Å². The minimum absolute atomic E-state index is 0.0985. The fraction of sp³-hybridized carbons (Fsp3) is 0.364. The summed E-state index contributed by atoms with van der Waals surface area (Å²) < 4.78 is 5.22. The van der Waals surface area contributed by atoms with Crippen LogP contribution in [0.25, 0.3) is 0 Å². The summed E-state index contributed by atoms with van der Waals surface area (Å²) in [6.45, 7) is 0. The van der Waals surface area contributed by atoms with Gasteiger partial charge < -0.3 is 15.8 Å². The lowest BCUT2D eigenvalue weighted by atomic mass is 10.0. The molecule has 0 aliphatic heterocycles. The fourth-order valence-corrected chi connectivity index (χ4v) is 1.52. The second-order valence-electron chi connectivity index (χ2n) is 3.25. The van der Waals surface area contributed by atoms with Crippen molar-refractivity contribution in [3.8, 4) is 5.75 Å². The van der Waals surface area contributed by atoms with Crippen LogP contribution in [0.1, 0.15) is 18.0 Å². The van der Waals surface area contributed by atoms with E-state index in [9.17, 15) is 4.79 Å². The monoisotopic (exact) mass is 208 g/mol. The van der Waals surface area contributed by atoms with Crippen molar-refractivity contribution in [2.45, 2.75) is 12.5 Å². The highest BCUT2D eigenvalue weighted by molar-refractivity contribution is 5.74. The van der Waals surface area contributed by atoms with Gasteiger partial charge in [0, 0.05) is 18.0 Å². The van der Waals surface area contributed by atoms with Gasteiger partial charge in [-0.2, -0.15) is 0 Å². The molecule has 0 saturated carbocycles. The fourth-order valence-electron chi connectivity index (χ4n) is 1.52. The van der Waals surface area contributed by atoms with Crippen molar-refractivity contribution in [3.63, 3.8) is 0 Å². The maximum absolute atomic E-state index is 10.9. The van der Waals surface area contributed by atoms with Gasteiger partial charge in [0.2, 0.25) is 5.91 Å². The summed E-state index contributed by atoms with van der Waals surface area (Å²) in [5.74, 6) is 0.429. The van der Waals surface area contributed by atoms with Crippen LogP contribution in [0.5, 0.6) is 5.75 Å². The molecule has 0 aliphatic rings. The number of para-hydroxylation sites is 1. The van der Waals surface area contributed by atoms with Crippen LogP contribution < -0.4 is 15.8 Å². The van der Waals surface area contributed by atoms with E-state index in [0.29, 0.717) is 0 Å². The molecule has 15 heavy (non-hydrogen) atoms. The van der Waals surface area contributed by atoms with Crippen LogP contribution in [0, 0.1) is 0 Å². The molecule has 0 aromatic heterocycles. The van der Waals surface area contributed by atoms with Gasteiger partial charge in [0.05, 0.1) is 7.11 Å². The minimum Gasteiger partial charge on any atom is -0.496 e. The van der Waals surface area contributed by atoms with Crippen LogP contribution >= 0.6 is 0 Å². The number of methoxy groups -OCH3 is 1. The van der Waals surface area contributed by atoms with Gasteiger partial charge in [-0.1, -0.05) is 18.2 Å². The van der Waals surface area contributed by atoms with Gasteiger partial charge in [-0.05, 0) is 13.1 Å². The number of hydrogen-bond donors (Lipinski definition) is 2. The van der Waals surface area contributed by atoms with Crippen molar-refractivity contribution in [2.24, 2.45) is 5.73 Å². The van der Waals surface area contributed by atoms with E-state index in [-0.39, 0.29) is 18.4 Å². The predicted molar refractivity (Wildman–Crippen MR) is 58.6 cm³/mol. The van der Waals surface area contributed by atoms with Gasteiger partial charge in [0.1, 0.15) is 5.75 Å². The van der Waals surface area contributed by atoms with Gasteiger partial charge in [-0.3, -0.25) is 4.79 Å². The van der Waals surface area contributed by atoms with E-state index in [2.05, 4.69) is 5.32 Å². The van der Waals surface area contributed by atoms with E-state index in [1.807, 2.05) is 24.3 Å². The molecule has 4 nitrogen and oxygen atoms in total. The molecule has 1 unspecified atom stereocenters. The summed E-state index contributed by atoms with van der Waals surface area (Å²) in [6, 6.07) is 7.48. The molecule has 3 N–H and O–H groups in total. The molecule has 0 radical (unpaired) electrons. The summed E-state index contributed by atoms with van der Waals surface area (Å²) in [5, 5.41) is 3.04. The topological polar surface area (TPSA) is 64.3 Å². The van der Waals surface area contributed by atoms with E-state index < -0.39 is 0 Å². The molecule has 1 amide bonds. The molecular formula is C11H16N2O2. The summed E-state index contributed by atoms with van der Waals surface area (Å²) in [7, 11) is 3.40. The Hall–Kier alpha value is -1.55. The highest BCUT2D eigenvalue weighted by atomic mass is 16.5. The lowest BCUT2D eigenvalue weighted by Gasteiger charge is -2.17. The number of carbonyl (C=O) groups is 1. The van der Waals surface area contributed by atoms with Crippen molar-refractivity contribution in [3.05, 3.63) is 29.8 Å². The average Bonchev–Trinajstić information content (AvgIpc) is 2.25. The number of benzene rings is 1. The standard InChI is InChI=1S/C11H16N2O2/c1-13-9(7-11(12)14)8-5-3-4-6-10(8)15-2/h3-6,9,13H,7H2,1-2H3,(H2,12,14). The first kappa shape index (κ1) is 11.5. The maximum atomic E-state index is 10.9. The molecular weight excluding hydrogens is 192 g/mol. The Morgan fingerprint density at radius 1 is 1.53 bits per heavy atom. The number of primary amides is 1. The van der Waals surface area contributed by atoms with Crippen LogP contribution in [0.15, 0.2) is 24.3 Å². The lowest BCUT2D eigenvalue weighted by Crippen LogP contribution is -2.24. The molecule has 1 aromatic carbocycles. The second-order valence-corrected chi connectivity index (χ2v) is 3.25. The smallest absolute Gasteiger partial charge is 0.219 e. The SMILES string of the molecule is CNC(CC(N)=O)c1ccccc1OC. The first-order chi connectivity index (χ1) is 7.19. The van der Waals surface area contributed by atoms with Crippen molar-refractivity contribution in [1.29, 1.82) is 0 Å². The third-order valence-corrected chi connectivity index (χ3v) is 2.27. The summed E-state index contributed by atoms with van der Waals surface area (Å²) in [4.78, 5) is 10.9. The first-order valence-corrected chi connectivity index (χ1v) is 4.77. The highest BCUT2D eigenvalue weighted by Crippen LogP contribution is 2.26. The molecule has 0 spiro atoms. The molecule has 1 atom stereocenters. The van der Waals surface area contributed by atoms with Crippen molar-refractivity contribution in [1.82, 2.24) is 5.32 Å².